The predicted octanol–water partition coefficient (Wildman–Crippen LogP) is 5.07. The van der Waals surface area contributed by atoms with E-state index in [4.69, 9.17) is 10.2 Å². The number of carboxylic acids is 1. The van der Waals surface area contributed by atoms with Crippen LogP contribution >= 0.6 is 22.6 Å². The lowest BCUT2D eigenvalue weighted by molar-refractivity contribution is 0.0697. The summed E-state index contributed by atoms with van der Waals surface area (Å²) in [6.45, 7) is 0. The van der Waals surface area contributed by atoms with E-state index in [-0.39, 0.29) is 0 Å². The molecule has 0 heterocycles. The standard InChI is InChI=1S/C7H6O2.C6H5I.C6H6O/c8-7(9)6-4-2-1-3-5-6;2*7-6-4-2-1-3-5-6/h1-5H,(H,8,9);1-5H;1-5,7H. The second kappa shape index (κ2) is 11.3. The van der Waals surface area contributed by atoms with Crippen molar-refractivity contribution in [1.29, 1.82) is 0 Å². The van der Waals surface area contributed by atoms with Gasteiger partial charge in [-0.25, -0.2) is 4.79 Å². The Morgan fingerprint density at radius 3 is 1.30 bits per heavy atom. The first-order valence-corrected chi connectivity index (χ1v) is 7.90. The highest BCUT2D eigenvalue weighted by Crippen LogP contribution is 2.02. The van der Waals surface area contributed by atoms with E-state index >= 15 is 0 Å². The highest BCUT2D eigenvalue weighted by molar-refractivity contribution is 14.1. The quantitative estimate of drug-likeness (QED) is 0.541. The van der Waals surface area contributed by atoms with Crippen LogP contribution in [0, 0.1) is 3.57 Å². The van der Waals surface area contributed by atoms with Crippen LogP contribution < -0.4 is 0 Å². The number of halogens is 1. The Hall–Kier alpha value is -2.34. The number of carbonyl (C=O) groups is 1. The van der Waals surface area contributed by atoms with E-state index in [9.17, 15) is 4.79 Å². The van der Waals surface area contributed by atoms with Gasteiger partial charge in [-0.1, -0.05) is 54.6 Å². The van der Waals surface area contributed by atoms with E-state index in [2.05, 4.69) is 34.7 Å². The zero-order valence-corrected chi connectivity index (χ0v) is 14.5. The van der Waals surface area contributed by atoms with Gasteiger partial charge < -0.3 is 10.2 Å². The van der Waals surface area contributed by atoms with Gasteiger partial charge >= 0.3 is 5.97 Å². The maximum atomic E-state index is 10.2. The lowest BCUT2D eigenvalue weighted by Gasteiger charge is -1.88. The van der Waals surface area contributed by atoms with E-state index in [1.807, 2.05) is 24.3 Å². The molecule has 3 aromatic carbocycles. The molecule has 0 aliphatic carbocycles. The Bertz CT molecular complexity index is 633. The van der Waals surface area contributed by atoms with Gasteiger partial charge in [-0.3, -0.25) is 0 Å². The van der Waals surface area contributed by atoms with Gasteiger partial charge in [0, 0.05) is 3.57 Å². The maximum Gasteiger partial charge on any atom is 0.335 e. The average Bonchev–Trinajstić information content (AvgIpc) is 2.58. The summed E-state index contributed by atoms with van der Waals surface area (Å²) in [6, 6.07) is 27.2. The molecule has 2 N–H and O–H groups in total. The number of hydrogen-bond acceptors (Lipinski definition) is 2. The highest BCUT2D eigenvalue weighted by atomic mass is 127. The van der Waals surface area contributed by atoms with Gasteiger partial charge in [-0.2, -0.15) is 0 Å². The zero-order chi connectivity index (χ0) is 16.9. The van der Waals surface area contributed by atoms with Crippen molar-refractivity contribution in [2.24, 2.45) is 0 Å². The molecule has 0 atom stereocenters. The van der Waals surface area contributed by atoms with Crippen LogP contribution in [0.2, 0.25) is 0 Å². The summed E-state index contributed by atoms with van der Waals surface area (Å²) in [5, 5.41) is 17.0. The molecule has 118 valence electrons. The van der Waals surface area contributed by atoms with E-state index in [0.717, 1.165) is 0 Å². The van der Waals surface area contributed by atoms with Crippen molar-refractivity contribution in [2.75, 3.05) is 0 Å². The molecule has 0 spiro atoms. The molecular weight excluding hydrogens is 403 g/mol. The first-order chi connectivity index (χ1) is 11.1. The SMILES string of the molecule is Ic1ccccc1.O=C(O)c1ccccc1.Oc1ccccc1. The molecule has 0 amide bonds. The summed E-state index contributed by atoms with van der Waals surface area (Å²) in [7, 11) is 0. The number of rotatable bonds is 1. The van der Waals surface area contributed by atoms with E-state index < -0.39 is 5.97 Å². The fraction of sp³-hybridized carbons (Fsp3) is 0. The van der Waals surface area contributed by atoms with Crippen LogP contribution in [0.1, 0.15) is 10.4 Å². The molecule has 0 fully saturated rings. The average molecular weight is 420 g/mol. The van der Waals surface area contributed by atoms with Gasteiger partial charge in [0.25, 0.3) is 0 Å². The second-order valence-corrected chi connectivity index (χ2v) is 5.55. The van der Waals surface area contributed by atoms with Crippen molar-refractivity contribution < 1.29 is 15.0 Å². The second-order valence-electron chi connectivity index (χ2n) is 4.30. The van der Waals surface area contributed by atoms with E-state index in [1.54, 1.807) is 54.6 Å². The Balaban J connectivity index is 0.000000175. The summed E-state index contributed by atoms with van der Waals surface area (Å²) in [5.74, 6) is -0.557. The molecule has 0 saturated heterocycles. The molecule has 0 aromatic heterocycles. The molecule has 0 aliphatic heterocycles. The van der Waals surface area contributed by atoms with Gasteiger partial charge in [-0.05, 0) is 59.0 Å². The van der Waals surface area contributed by atoms with Crippen LogP contribution in [0.5, 0.6) is 5.75 Å². The minimum Gasteiger partial charge on any atom is -0.508 e. The number of benzene rings is 3. The number of phenols is 1. The van der Waals surface area contributed by atoms with Crippen molar-refractivity contribution in [3.8, 4) is 5.75 Å². The lowest BCUT2D eigenvalue weighted by atomic mass is 10.2. The van der Waals surface area contributed by atoms with Crippen LogP contribution in [0.3, 0.4) is 0 Å². The summed E-state index contributed by atoms with van der Waals surface area (Å²) < 4.78 is 1.29. The number of aromatic hydroxyl groups is 1. The Labute approximate surface area is 149 Å². The molecule has 0 saturated carbocycles. The number of carboxylic acid groups (broad SMARTS) is 1. The third-order valence-corrected chi connectivity index (χ3v) is 3.23. The summed E-state index contributed by atoms with van der Waals surface area (Å²) in [4.78, 5) is 10.2. The van der Waals surface area contributed by atoms with Crippen molar-refractivity contribution in [3.05, 3.63) is 100 Å². The molecular formula is C19H17IO3. The molecule has 4 heteroatoms. The van der Waals surface area contributed by atoms with Crippen LogP contribution in [0.15, 0.2) is 91.0 Å². The van der Waals surface area contributed by atoms with Gasteiger partial charge in [0.15, 0.2) is 0 Å². The zero-order valence-electron chi connectivity index (χ0n) is 12.3. The van der Waals surface area contributed by atoms with Crippen molar-refractivity contribution in [1.82, 2.24) is 0 Å². The monoisotopic (exact) mass is 420 g/mol. The lowest BCUT2D eigenvalue weighted by Crippen LogP contribution is -1.93. The molecule has 0 bridgehead atoms. The Kier molecular flexibility index (Phi) is 9.16. The maximum absolute atomic E-state index is 10.2. The normalized spacial score (nSPS) is 8.74. The van der Waals surface area contributed by atoms with Crippen LogP contribution in [0.25, 0.3) is 0 Å². The minimum absolute atomic E-state index is 0.322. The predicted molar refractivity (Wildman–Crippen MR) is 101 cm³/mol. The third-order valence-electron chi connectivity index (χ3n) is 2.51. The van der Waals surface area contributed by atoms with E-state index in [0.29, 0.717) is 11.3 Å². The number of para-hydroxylation sites is 1. The molecule has 0 unspecified atom stereocenters. The minimum atomic E-state index is -0.879. The van der Waals surface area contributed by atoms with Crippen LogP contribution in [-0.4, -0.2) is 16.2 Å². The highest BCUT2D eigenvalue weighted by Gasteiger charge is 1.96. The fourth-order valence-corrected chi connectivity index (χ4v) is 1.84. The Morgan fingerprint density at radius 1 is 0.696 bits per heavy atom. The summed E-state index contributed by atoms with van der Waals surface area (Å²) >= 11 is 2.28. The fourth-order valence-electron chi connectivity index (χ4n) is 1.42. The van der Waals surface area contributed by atoms with Gasteiger partial charge in [0.2, 0.25) is 0 Å². The molecule has 3 nitrogen and oxygen atoms in total. The van der Waals surface area contributed by atoms with Gasteiger partial charge in [-0.15, -0.1) is 0 Å². The Morgan fingerprint density at radius 2 is 1.09 bits per heavy atom. The summed E-state index contributed by atoms with van der Waals surface area (Å²) in [5.41, 5.74) is 0.331. The van der Waals surface area contributed by atoms with Gasteiger partial charge in [0.1, 0.15) is 5.75 Å². The molecule has 3 aromatic rings. The van der Waals surface area contributed by atoms with Crippen molar-refractivity contribution in [2.45, 2.75) is 0 Å². The van der Waals surface area contributed by atoms with Gasteiger partial charge in [0.05, 0.1) is 5.56 Å². The summed E-state index contributed by atoms with van der Waals surface area (Å²) in [6.07, 6.45) is 0. The van der Waals surface area contributed by atoms with Crippen molar-refractivity contribution in [3.63, 3.8) is 0 Å². The topological polar surface area (TPSA) is 57.5 Å². The van der Waals surface area contributed by atoms with Crippen LogP contribution in [-0.2, 0) is 0 Å². The third kappa shape index (κ3) is 9.31. The van der Waals surface area contributed by atoms with Crippen molar-refractivity contribution >= 4 is 28.6 Å². The number of aromatic carboxylic acids is 1. The smallest absolute Gasteiger partial charge is 0.335 e. The molecule has 0 aliphatic rings. The van der Waals surface area contributed by atoms with E-state index in [1.165, 1.54) is 3.57 Å². The molecule has 3 rings (SSSR count). The molecule has 23 heavy (non-hydrogen) atoms. The first kappa shape index (κ1) is 18.7. The first-order valence-electron chi connectivity index (χ1n) is 6.82. The number of hydrogen-bond donors (Lipinski definition) is 2. The number of phenolic OH excluding ortho intramolecular Hbond substituents is 1. The molecule has 0 radical (unpaired) electrons. The van der Waals surface area contributed by atoms with Crippen LogP contribution in [0.4, 0.5) is 0 Å². The largest absolute Gasteiger partial charge is 0.508 e.